The van der Waals surface area contributed by atoms with Gasteiger partial charge in [-0.05, 0) is 26.0 Å². The molecule has 3 aromatic carbocycles. The average Bonchev–Trinajstić information content (AvgIpc) is 3.52. The first-order valence-corrected chi connectivity index (χ1v) is 14.8. The minimum absolute atomic E-state index is 0.0103. The van der Waals surface area contributed by atoms with Crippen molar-refractivity contribution in [2.45, 2.75) is 13.8 Å². The van der Waals surface area contributed by atoms with E-state index < -0.39 is 62.9 Å². The first-order chi connectivity index (χ1) is 24.9. The quantitative estimate of drug-likeness (QED) is 0.0286. The number of aromatic nitrogens is 2. The molecule has 0 bridgehead atoms. The second kappa shape index (κ2) is 20.3. The van der Waals surface area contributed by atoms with Gasteiger partial charge in [-0.15, -0.1) is 0 Å². The van der Waals surface area contributed by atoms with Crippen molar-refractivity contribution >= 4 is 68.8 Å². The van der Waals surface area contributed by atoms with Crippen LogP contribution in [0, 0.1) is 27.6 Å². The maximum absolute atomic E-state index is 13.8. The largest absolute Gasteiger partial charge is 0.465 e. The number of fused-ring (bicyclic) bond motifs is 1. The minimum atomic E-state index is -1.20. The Balaban J connectivity index is 0.000000366. The molecule has 290 valence electrons. The summed E-state index contributed by atoms with van der Waals surface area (Å²) in [6.45, 7) is 5.80. The minimum Gasteiger partial charge on any atom is -0.465 e. The van der Waals surface area contributed by atoms with E-state index >= 15 is 0 Å². The van der Waals surface area contributed by atoms with Gasteiger partial charge in [0.15, 0.2) is 17.5 Å². The number of carbonyl (C=O) groups excluding carboxylic acids is 3. The molecule has 0 aliphatic heterocycles. The Bertz CT molecular complexity index is 1960. The second-order valence-electron chi connectivity index (χ2n) is 9.95. The number of ether oxygens (including phenoxy) is 5. The number of hydrogen-bond donors (Lipinski definition) is 6. The van der Waals surface area contributed by atoms with Crippen molar-refractivity contribution < 1.29 is 56.2 Å². The van der Waals surface area contributed by atoms with Crippen molar-refractivity contribution in [3.8, 4) is 0 Å². The summed E-state index contributed by atoms with van der Waals surface area (Å²) in [4.78, 5) is 47.1. The van der Waals surface area contributed by atoms with Crippen LogP contribution in [0.2, 0.25) is 0 Å². The Labute approximate surface area is 300 Å². The molecule has 0 amide bonds. The number of esters is 3. The first kappa shape index (κ1) is 44.5. The number of nitro benzene ring substituents is 1. The van der Waals surface area contributed by atoms with Gasteiger partial charge < -0.3 is 62.7 Å². The molecule has 1 heterocycles. The molecular weight excluding hydrogens is 715 g/mol. The summed E-state index contributed by atoms with van der Waals surface area (Å²) < 4.78 is 64.8. The lowest BCUT2D eigenvalue weighted by atomic mass is 10.1. The summed E-state index contributed by atoms with van der Waals surface area (Å²) in [5.74, 6) is -5.19. The molecule has 1 aromatic heterocycles. The number of nitrogens with zero attached hydrogens (tertiary/aromatic N) is 3. The second-order valence-corrected chi connectivity index (χ2v) is 9.95. The monoisotopic (exact) mass is 755 g/mol. The van der Waals surface area contributed by atoms with E-state index in [4.69, 9.17) is 43.9 Å². The first-order valence-electron chi connectivity index (χ1n) is 14.8. The summed E-state index contributed by atoms with van der Waals surface area (Å²) in [7, 11) is 5.12. The van der Waals surface area contributed by atoms with Gasteiger partial charge in [0.2, 0.25) is 0 Å². The van der Waals surface area contributed by atoms with Crippen LogP contribution >= 0.6 is 0 Å². The van der Waals surface area contributed by atoms with Crippen LogP contribution < -0.4 is 34.4 Å². The fraction of sp³-hybridized carbons (Fsp3) is 0.290. The summed E-state index contributed by atoms with van der Waals surface area (Å²) in [6.07, 6.45) is 1.45. The number of halogens is 3. The highest BCUT2D eigenvalue weighted by atomic mass is 19.1. The number of benzene rings is 3. The molecule has 4 aromatic rings. The number of rotatable bonds is 8. The van der Waals surface area contributed by atoms with E-state index in [0.29, 0.717) is 12.3 Å². The fourth-order valence-corrected chi connectivity index (χ4v) is 3.82. The molecule has 22 heteroatoms. The molecule has 0 aliphatic carbocycles. The third kappa shape index (κ3) is 11.0. The summed E-state index contributed by atoms with van der Waals surface area (Å²) in [5.41, 5.74) is 29.0. The third-order valence-corrected chi connectivity index (χ3v) is 6.68. The molecule has 53 heavy (non-hydrogen) atoms. The Morgan fingerprint density at radius 3 is 1.57 bits per heavy atom. The molecule has 0 saturated heterocycles. The van der Waals surface area contributed by atoms with Gasteiger partial charge in [-0.25, -0.2) is 32.5 Å². The Hall–Kier alpha value is -6.55. The van der Waals surface area contributed by atoms with E-state index in [1.165, 1.54) is 25.6 Å². The zero-order valence-electron chi connectivity index (χ0n) is 29.5. The summed E-state index contributed by atoms with van der Waals surface area (Å²) >= 11 is 0. The van der Waals surface area contributed by atoms with Gasteiger partial charge in [-0.1, -0.05) is 0 Å². The molecule has 0 atom stereocenters. The van der Waals surface area contributed by atoms with E-state index in [9.17, 15) is 37.7 Å². The predicted molar refractivity (Wildman–Crippen MR) is 189 cm³/mol. The molecule has 19 nitrogen and oxygen atoms in total. The molecule has 0 aliphatic rings. The standard InChI is InChI=1S/C10H10FN3O2.C8H8FN3O4.C8H10FN3O2.C5H12O2/c1-14-4-13-9-6(14)3-5(10(15)16-2)8(12)7(9)11;1-16-8(13)3-2-4(12(14)15)7(11)5(9)6(3)10;1-14-8(13)3-2-4(10)7(12)5(9)6(3)11;1-3-6-5-7-4-2/h3-4H,12H2,1-2H3;2H,10-11H2,1H3;2H,10-12H2,1H3;3-5H2,1-2H3. The molecular formula is C31H40F3N9O10. The van der Waals surface area contributed by atoms with Crippen molar-refractivity contribution in [3.63, 3.8) is 0 Å². The van der Waals surface area contributed by atoms with E-state index in [1.54, 1.807) is 11.6 Å². The van der Waals surface area contributed by atoms with Gasteiger partial charge >= 0.3 is 17.9 Å². The lowest BCUT2D eigenvalue weighted by Crippen LogP contribution is -2.11. The van der Waals surface area contributed by atoms with Crippen LogP contribution in [0.15, 0.2) is 24.5 Å². The predicted octanol–water partition coefficient (Wildman–Crippen LogP) is 3.14. The number of nitrogen functional groups attached to an aromatic ring is 6. The SMILES string of the molecule is CCOCOCC.COC(=O)c1cc(N)c(N)c(F)c1N.COC(=O)c1cc([N+](=O)[O-])c(N)c(F)c1N.COC(=O)c1cc2c(ncn2C)c(F)c1N. The van der Waals surface area contributed by atoms with Gasteiger partial charge in [-0.3, -0.25) is 10.1 Å². The van der Waals surface area contributed by atoms with E-state index in [-0.39, 0.29) is 39.4 Å². The fourth-order valence-electron chi connectivity index (χ4n) is 3.82. The highest BCUT2D eigenvalue weighted by Gasteiger charge is 2.25. The maximum atomic E-state index is 13.8. The van der Waals surface area contributed by atoms with Crippen LogP contribution in [0.5, 0.6) is 0 Å². The molecule has 4 rings (SSSR count). The van der Waals surface area contributed by atoms with Crippen molar-refractivity contribution in [2.24, 2.45) is 7.05 Å². The molecule has 0 radical (unpaired) electrons. The molecule has 0 saturated carbocycles. The number of hydrogen-bond acceptors (Lipinski definition) is 17. The normalized spacial score (nSPS) is 10.1. The van der Waals surface area contributed by atoms with Gasteiger partial charge in [-0.2, -0.15) is 0 Å². The zero-order valence-corrected chi connectivity index (χ0v) is 29.5. The number of imidazole rings is 1. The number of anilines is 6. The molecule has 12 N–H and O–H groups in total. The smallest absolute Gasteiger partial charge is 0.340 e. The maximum Gasteiger partial charge on any atom is 0.340 e. The van der Waals surface area contributed by atoms with Gasteiger partial charge in [0.05, 0.1) is 83.2 Å². The Morgan fingerprint density at radius 2 is 1.13 bits per heavy atom. The van der Waals surface area contributed by atoms with E-state index in [1.807, 2.05) is 13.8 Å². The van der Waals surface area contributed by atoms with Crippen LogP contribution in [0.4, 0.5) is 53.0 Å². The van der Waals surface area contributed by atoms with E-state index in [0.717, 1.165) is 33.5 Å². The number of methoxy groups -OCH3 is 3. The topological polar surface area (TPSA) is 314 Å². The summed E-state index contributed by atoms with van der Waals surface area (Å²) in [5, 5.41) is 10.5. The highest BCUT2D eigenvalue weighted by Crippen LogP contribution is 2.32. The molecule has 0 fully saturated rings. The van der Waals surface area contributed by atoms with Crippen molar-refractivity contribution in [2.75, 3.05) is 75.7 Å². The lowest BCUT2D eigenvalue weighted by Gasteiger charge is -2.08. The Morgan fingerprint density at radius 1 is 0.717 bits per heavy atom. The molecule has 0 unspecified atom stereocenters. The van der Waals surface area contributed by atoms with Crippen molar-refractivity contribution in [1.29, 1.82) is 0 Å². The van der Waals surface area contributed by atoms with Gasteiger partial charge in [0.25, 0.3) is 5.69 Å². The van der Waals surface area contributed by atoms with Crippen LogP contribution in [-0.2, 0) is 30.7 Å². The third-order valence-electron chi connectivity index (χ3n) is 6.68. The van der Waals surface area contributed by atoms with Gasteiger partial charge in [0, 0.05) is 26.3 Å². The average molecular weight is 756 g/mol. The number of aryl methyl sites for hydroxylation is 1. The lowest BCUT2D eigenvalue weighted by molar-refractivity contribution is -0.384. The van der Waals surface area contributed by atoms with Crippen molar-refractivity contribution in [3.05, 3.63) is 68.8 Å². The number of nitro groups is 1. The molecule has 0 spiro atoms. The zero-order chi connectivity index (χ0) is 40.7. The van der Waals surface area contributed by atoms with Crippen LogP contribution in [0.1, 0.15) is 44.9 Å². The van der Waals surface area contributed by atoms with Crippen molar-refractivity contribution in [1.82, 2.24) is 9.55 Å². The highest BCUT2D eigenvalue weighted by molar-refractivity contribution is 6.00. The Kier molecular flexibility index (Phi) is 17.1. The van der Waals surface area contributed by atoms with Crippen LogP contribution in [-0.4, -0.2) is 73.7 Å². The van der Waals surface area contributed by atoms with E-state index in [2.05, 4.69) is 19.2 Å². The van der Waals surface area contributed by atoms with Gasteiger partial charge in [0.1, 0.15) is 18.0 Å². The van der Waals surface area contributed by atoms with Crippen LogP contribution in [0.25, 0.3) is 11.0 Å². The number of nitrogens with two attached hydrogens (primary N) is 6. The van der Waals surface area contributed by atoms with Crippen LogP contribution in [0.3, 0.4) is 0 Å². The summed E-state index contributed by atoms with van der Waals surface area (Å²) in [6, 6.07) is 3.42. The number of carbonyl (C=O) groups is 3.